The molecule has 0 fully saturated rings. The minimum Gasteiger partial charge on any atom is -0.321 e. The summed E-state index contributed by atoms with van der Waals surface area (Å²) in [6.45, 7) is 0. The Balaban J connectivity index is 1.22. The topological polar surface area (TPSA) is 113 Å². The van der Waals surface area contributed by atoms with Gasteiger partial charge < -0.3 is 16.0 Å². The highest BCUT2D eigenvalue weighted by molar-refractivity contribution is 8.00. The van der Waals surface area contributed by atoms with Crippen molar-refractivity contribution in [2.75, 3.05) is 16.4 Å². The van der Waals surface area contributed by atoms with Crippen LogP contribution in [0.2, 0.25) is 0 Å². The monoisotopic (exact) mass is 597 g/mol. The molecule has 0 radical (unpaired) electrons. The van der Waals surface area contributed by atoms with Gasteiger partial charge in [-0.3, -0.25) is 19.4 Å². The molecule has 3 amide bonds. The normalized spacial score (nSPS) is 11.1. The molecule has 8 nitrogen and oxygen atoms in total. The third kappa shape index (κ3) is 7.98. The molecule has 3 aromatic heterocycles. The van der Waals surface area contributed by atoms with Gasteiger partial charge >= 0.3 is 0 Å². The first-order valence-corrected chi connectivity index (χ1v) is 15.1. The highest BCUT2D eigenvalue weighted by Gasteiger charge is 2.16. The molecule has 0 aliphatic carbocycles. The van der Waals surface area contributed by atoms with E-state index in [9.17, 15) is 14.4 Å². The van der Waals surface area contributed by atoms with Crippen molar-refractivity contribution < 1.29 is 14.4 Å². The third-order valence-corrected chi connectivity index (χ3v) is 8.15. The molecule has 5 aromatic rings. The Morgan fingerprint density at radius 2 is 1.78 bits per heavy atom. The van der Waals surface area contributed by atoms with Gasteiger partial charge in [0.25, 0.3) is 11.8 Å². The first-order valence-electron chi connectivity index (χ1n) is 12.3. The summed E-state index contributed by atoms with van der Waals surface area (Å²) in [7, 11) is 0. The van der Waals surface area contributed by atoms with Gasteiger partial charge in [0.2, 0.25) is 5.91 Å². The molecule has 5 rings (SSSR count). The van der Waals surface area contributed by atoms with Gasteiger partial charge in [-0.05, 0) is 59.5 Å². The molecule has 0 aliphatic rings. The minimum atomic E-state index is -0.497. The van der Waals surface area contributed by atoms with E-state index in [1.54, 1.807) is 84.4 Å². The summed E-state index contributed by atoms with van der Waals surface area (Å²) in [5, 5.41) is 12.8. The van der Waals surface area contributed by atoms with Crippen LogP contribution in [0.5, 0.6) is 0 Å². The van der Waals surface area contributed by atoms with Gasteiger partial charge in [0, 0.05) is 33.9 Å². The van der Waals surface area contributed by atoms with Gasteiger partial charge in [0.05, 0.1) is 16.3 Å². The Morgan fingerprint density at radius 1 is 0.902 bits per heavy atom. The second-order valence-corrected chi connectivity index (χ2v) is 11.4. The summed E-state index contributed by atoms with van der Waals surface area (Å²) in [5.74, 6) is -0.913. The number of thiophene rings is 1. The fourth-order valence-electron chi connectivity index (χ4n) is 3.61. The van der Waals surface area contributed by atoms with Crippen LogP contribution in [0.15, 0.2) is 113 Å². The second-order valence-electron chi connectivity index (χ2n) is 8.50. The summed E-state index contributed by atoms with van der Waals surface area (Å²) in [5.41, 5.74) is 2.51. The molecule has 2 aromatic carbocycles. The van der Waals surface area contributed by atoms with Crippen molar-refractivity contribution in [2.45, 2.75) is 4.90 Å². The lowest BCUT2D eigenvalue weighted by atomic mass is 10.2. The number of nitrogens with one attached hydrogen (secondary N) is 3. The summed E-state index contributed by atoms with van der Waals surface area (Å²) in [6, 6.07) is 23.3. The molecular weight excluding hydrogens is 575 g/mol. The van der Waals surface area contributed by atoms with Crippen molar-refractivity contribution in [3.05, 3.63) is 119 Å². The van der Waals surface area contributed by atoms with Gasteiger partial charge in [-0.15, -0.1) is 34.4 Å². The van der Waals surface area contributed by atoms with Gasteiger partial charge in [0.1, 0.15) is 5.70 Å². The molecule has 3 heterocycles. The number of carbonyl (C=O) groups excluding carboxylic acids is 3. The molecule has 11 heteroatoms. The van der Waals surface area contributed by atoms with Crippen LogP contribution in [-0.2, 0) is 9.59 Å². The predicted molar refractivity (Wildman–Crippen MR) is 166 cm³/mol. The Hall–Kier alpha value is -4.58. The van der Waals surface area contributed by atoms with Crippen LogP contribution in [-0.4, -0.2) is 33.4 Å². The number of nitrogens with zero attached hydrogens (tertiary/aromatic N) is 2. The van der Waals surface area contributed by atoms with E-state index in [1.807, 2.05) is 35.0 Å². The van der Waals surface area contributed by atoms with Gasteiger partial charge in [-0.25, -0.2) is 4.98 Å². The summed E-state index contributed by atoms with van der Waals surface area (Å²) < 4.78 is 0. The predicted octanol–water partition coefficient (Wildman–Crippen LogP) is 6.41. The van der Waals surface area contributed by atoms with E-state index in [2.05, 4.69) is 25.9 Å². The number of aromatic nitrogens is 2. The maximum Gasteiger partial charge on any atom is 0.272 e. The standard InChI is InChI=1S/C30H23N5O3S3/c36-27(35-30-34-25(18-41-30)26-12-6-14-39-26)19-40-23-11-4-10-22(16-23)32-29(38)24(15-20-7-5-13-31-17-20)33-28(37)21-8-2-1-3-9-21/h1-18H,19H2,(H,32,38)(H,33,37)(H,34,35,36)/b24-15-. The van der Waals surface area contributed by atoms with E-state index < -0.39 is 11.8 Å². The highest BCUT2D eigenvalue weighted by atomic mass is 32.2. The van der Waals surface area contributed by atoms with E-state index >= 15 is 0 Å². The molecule has 3 N–H and O–H groups in total. The second kappa shape index (κ2) is 13.7. The summed E-state index contributed by atoms with van der Waals surface area (Å²) in [4.78, 5) is 49.0. The van der Waals surface area contributed by atoms with Crippen molar-refractivity contribution in [3.8, 4) is 10.6 Å². The Bertz CT molecular complexity index is 1670. The Kier molecular flexibility index (Phi) is 9.32. The Morgan fingerprint density at radius 3 is 2.56 bits per heavy atom. The molecule has 204 valence electrons. The van der Waals surface area contributed by atoms with E-state index in [-0.39, 0.29) is 17.4 Å². The molecule has 0 aliphatic heterocycles. The van der Waals surface area contributed by atoms with Crippen LogP contribution < -0.4 is 16.0 Å². The molecule has 41 heavy (non-hydrogen) atoms. The van der Waals surface area contributed by atoms with E-state index in [4.69, 9.17) is 0 Å². The highest BCUT2D eigenvalue weighted by Crippen LogP contribution is 2.29. The SMILES string of the molecule is O=C(CSc1cccc(NC(=O)/C(=C/c2cccnc2)NC(=O)c2ccccc2)c1)Nc1nc(-c2cccs2)cs1. The van der Waals surface area contributed by atoms with Crippen molar-refractivity contribution >= 4 is 69.1 Å². The lowest BCUT2D eigenvalue weighted by molar-refractivity contribution is -0.114. The molecule has 0 bridgehead atoms. The van der Waals surface area contributed by atoms with E-state index in [0.717, 1.165) is 15.5 Å². The third-order valence-electron chi connectivity index (χ3n) is 5.51. The molecule has 0 atom stereocenters. The van der Waals surface area contributed by atoms with Crippen LogP contribution in [0.1, 0.15) is 15.9 Å². The number of carbonyl (C=O) groups is 3. The van der Waals surface area contributed by atoms with Crippen molar-refractivity contribution in [1.29, 1.82) is 0 Å². The molecule has 0 spiro atoms. The average molecular weight is 598 g/mol. The van der Waals surface area contributed by atoms with E-state index in [1.165, 1.54) is 23.1 Å². The first kappa shape index (κ1) is 28.0. The zero-order valence-corrected chi connectivity index (χ0v) is 23.9. The average Bonchev–Trinajstić information content (AvgIpc) is 3.70. The van der Waals surface area contributed by atoms with Crippen LogP contribution >= 0.6 is 34.4 Å². The first-order chi connectivity index (χ1) is 20.0. The largest absolute Gasteiger partial charge is 0.321 e. The summed E-state index contributed by atoms with van der Waals surface area (Å²) >= 11 is 4.31. The lowest BCUT2D eigenvalue weighted by Crippen LogP contribution is -2.30. The Labute approximate surface area is 248 Å². The minimum absolute atomic E-state index is 0.0645. The number of thioether (sulfide) groups is 1. The van der Waals surface area contributed by atoms with Gasteiger partial charge in [-0.2, -0.15) is 0 Å². The fraction of sp³-hybridized carbons (Fsp3) is 0.0333. The number of rotatable bonds is 10. The number of benzene rings is 2. The summed E-state index contributed by atoms with van der Waals surface area (Å²) in [6.07, 6.45) is 4.79. The molecule has 0 saturated carbocycles. The number of amides is 3. The van der Waals surface area contributed by atoms with Gasteiger partial charge in [0.15, 0.2) is 5.13 Å². The maximum atomic E-state index is 13.3. The zero-order valence-electron chi connectivity index (χ0n) is 21.4. The maximum absolute atomic E-state index is 13.3. The fourth-order valence-corrected chi connectivity index (χ4v) is 5.85. The number of hydrogen-bond acceptors (Lipinski definition) is 8. The lowest BCUT2D eigenvalue weighted by Gasteiger charge is -2.12. The molecule has 0 saturated heterocycles. The quantitative estimate of drug-likeness (QED) is 0.127. The van der Waals surface area contributed by atoms with Gasteiger partial charge in [-0.1, -0.05) is 36.4 Å². The van der Waals surface area contributed by atoms with Crippen molar-refractivity contribution in [1.82, 2.24) is 15.3 Å². The number of hydrogen-bond donors (Lipinski definition) is 3. The van der Waals surface area contributed by atoms with Crippen LogP contribution in [0, 0.1) is 0 Å². The number of anilines is 2. The van der Waals surface area contributed by atoms with Crippen molar-refractivity contribution in [3.63, 3.8) is 0 Å². The number of pyridine rings is 1. The number of thiazole rings is 1. The van der Waals surface area contributed by atoms with E-state index in [0.29, 0.717) is 21.9 Å². The smallest absolute Gasteiger partial charge is 0.272 e. The molecule has 0 unspecified atom stereocenters. The van der Waals surface area contributed by atoms with Crippen molar-refractivity contribution in [2.24, 2.45) is 0 Å². The van der Waals surface area contributed by atoms with Crippen LogP contribution in [0.3, 0.4) is 0 Å². The zero-order chi connectivity index (χ0) is 28.4. The van der Waals surface area contributed by atoms with Crippen LogP contribution in [0.4, 0.5) is 10.8 Å². The van der Waals surface area contributed by atoms with Crippen LogP contribution in [0.25, 0.3) is 16.6 Å². The molecular formula is C30H23N5O3S3.